The molecule has 0 aliphatic heterocycles. The monoisotopic (exact) mass is 271 g/mol. The Bertz CT molecular complexity index is 540. The van der Waals surface area contributed by atoms with Gasteiger partial charge < -0.3 is 15.2 Å². The highest BCUT2D eigenvalue weighted by Crippen LogP contribution is 2.22. The quantitative estimate of drug-likeness (QED) is 0.848. The zero-order valence-corrected chi connectivity index (χ0v) is 12.0. The summed E-state index contributed by atoms with van der Waals surface area (Å²) >= 11 is 0. The van der Waals surface area contributed by atoms with Gasteiger partial charge >= 0.3 is 0 Å². The molecule has 3 nitrogen and oxygen atoms in total. The Labute approximate surface area is 120 Å². The van der Waals surface area contributed by atoms with Gasteiger partial charge in [-0.3, -0.25) is 0 Å². The second-order valence-corrected chi connectivity index (χ2v) is 4.97. The summed E-state index contributed by atoms with van der Waals surface area (Å²) < 4.78 is 5.17. The minimum Gasteiger partial charge on any atom is -0.508 e. The second-order valence-electron chi connectivity index (χ2n) is 4.97. The maximum Gasteiger partial charge on any atom is 0.120 e. The molecule has 0 saturated heterocycles. The molecule has 20 heavy (non-hydrogen) atoms. The molecule has 0 aliphatic rings. The molecule has 2 aromatic rings. The molecule has 2 rings (SSSR count). The van der Waals surface area contributed by atoms with Crippen LogP contribution in [0.2, 0.25) is 0 Å². The van der Waals surface area contributed by atoms with Crippen molar-refractivity contribution in [2.75, 3.05) is 7.11 Å². The van der Waals surface area contributed by atoms with Crippen LogP contribution in [-0.2, 0) is 13.0 Å². The first-order chi connectivity index (χ1) is 9.69. The number of benzene rings is 2. The SMILES string of the molecule is COc1ccc(O)c(CNC(C)Cc2ccccc2)c1. The standard InChI is InChI=1S/C17H21NO2/c1-13(10-14-6-4-3-5-7-14)18-12-15-11-16(20-2)8-9-17(15)19/h3-9,11,13,18-19H,10,12H2,1-2H3. The predicted molar refractivity (Wildman–Crippen MR) is 81.1 cm³/mol. The van der Waals surface area contributed by atoms with Crippen LogP contribution in [0.25, 0.3) is 0 Å². The summed E-state index contributed by atoms with van der Waals surface area (Å²) in [5.41, 5.74) is 2.16. The van der Waals surface area contributed by atoms with E-state index in [1.54, 1.807) is 19.2 Å². The normalized spacial score (nSPS) is 12.1. The highest BCUT2D eigenvalue weighted by atomic mass is 16.5. The number of methoxy groups -OCH3 is 1. The lowest BCUT2D eigenvalue weighted by molar-refractivity contribution is 0.409. The van der Waals surface area contributed by atoms with Crippen molar-refractivity contribution in [1.82, 2.24) is 5.32 Å². The molecule has 0 saturated carbocycles. The van der Waals surface area contributed by atoms with Crippen LogP contribution >= 0.6 is 0 Å². The fourth-order valence-electron chi connectivity index (χ4n) is 2.15. The van der Waals surface area contributed by atoms with E-state index in [9.17, 15) is 5.11 Å². The first kappa shape index (κ1) is 14.4. The van der Waals surface area contributed by atoms with Crippen LogP contribution in [0.5, 0.6) is 11.5 Å². The molecule has 0 bridgehead atoms. The molecule has 2 N–H and O–H groups in total. The van der Waals surface area contributed by atoms with E-state index in [4.69, 9.17) is 4.74 Å². The second kappa shape index (κ2) is 6.96. The molecular weight excluding hydrogens is 250 g/mol. The van der Waals surface area contributed by atoms with Gasteiger partial charge in [0, 0.05) is 18.2 Å². The molecule has 1 atom stereocenters. The van der Waals surface area contributed by atoms with Gasteiger partial charge in [-0.1, -0.05) is 30.3 Å². The lowest BCUT2D eigenvalue weighted by atomic mass is 10.1. The number of ether oxygens (including phenoxy) is 1. The van der Waals surface area contributed by atoms with Gasteiger partial charge in [-0.15, -0.1) is 0 Å². The maximum absolute atomic E-state index is 9.84. The van der Waals surface area contributed by atoms with E-state index in [1.807, 2.05) is 12.1 Å². The summed E-state index contributed by atoms with van der Waals surface area (Å²) in [6.45, 7) is 2.77. The molecule has 0 radical (unpaired) electrons. The summed E-state index contributed by atoms with van der Waals surface area (Å²) in [5, 5.41) is 13.3. The van der Waals surface area contributed by atoms with E-state index in [-0.39, 0.29) is 0 Å². The molecule has 0 spiro atoms. The summed E-state index contributed by atoms with van der Waals surface area (Å²) in [6.07, 6.45) is 0.964. The van der Waals surface area contributed by atoms with Crippen LogP contribution in [0.15, 0.2) is 48.5 Å². The van der Waals surface area contributed by atoms with Crippen LogP contribution in [0, 0.1) is 0 Å². The Morgan fingerprint density at radius 1 is 1.15 bits per heavy atom. The van der Waals surface area contributed by atoms with Gasteiger partial charge in [0.1, 0.15) is 11.5 Å². The Morgan fingerprint density at radius 3 is 2.60 bits per heavy atom. The van der Waals surface area contributed by atoms with Gasteiger partial charge in [-0.2, -0.15) is 0 Å². The number of nitrogens with one attached hydrogen (secondary N) is 1. The summed E-state index contributed by atoms with van der Waals surface area (Å²) in [4.78, 5) is 0. The average Bonchev–Trinajstić information content (AvgIpc) is 2.47. The topological polar surface area (TPSA) is 41.5 Å². The summed E-state index contributed by atoms with van der Waals surface area (Å²) in [5.74, 6) is 1.06. The van der Waals surface area contributed by atoms with E-state index in [1.165, 1.54) is 5.56 Å². The Kier molecular flexibility index (Phi) is 5.02. The van der Waals surface area contributed by atoms with Gasteiger partial charge in [-0.05, 0) is 37.1 Å². The minimum absolute atomic E-state index is 0.296. The lowest BCUT2D eigenvalue weighted by Crippen LogP contribution is -2.27. The van der Waals surface area contributed by atoms with Crippen LogP contribution in [0.1, 0.15) is 18.1 Å². The highest BCUT2D eigenvalue weighted by molar-refractivity contribution is 5.39. The van der Waals surface area contributed by atoms with E-state index in [2.05, 4.69) is 36.5 Å². The zero-order chi connectivity index (χ0) is 14.4. The molecule has 0 fully saturated rings. The Balaban J connectivity index is 1.91. The van der Waals surface area contributed by atoms with E-state index >= 15 is 0 Å². The molecule has 0 aromatic heterocycles. The van der Waals surface area contributed by atoms with Crippen molar-refractivity contribution in [3.8, 4) is 11.5 Å². The first-order valence-electron chi connectivity index (χ1n) is 6.82. The smallest absolute Gasteiger partial charge is 0.120 e. The third-order valence-electron chi connectivity index (χ3n) is 3.31. The largest absolute Gasteiger partial charge is 0.508 e. The number of rotatable bonds is 6. The fourth-order valence-corrected chi connectivity index (χ4v) is 2.15. The fraction of sp³-hybridized carbons (Fsp3) is 0.294. The number of hydrogen-bond acceptors (Lipinski definition) is 3. The molecule has 106 valence electrons. The van der Waals surface area contributed by atoms with Crippen molar-refractivity contribution < 1.29 is 9.84 Å². The van der Waals surface area contributed by atoms with Gasteiger partial charge in [-0.25, -0.2) is 0 Å². The first-order valence-corrected chi connectivity index (χ1v) is 6.82. The van der Waals surface area contributed by atoms with Crippen molar-refractivity contribution in [2.45, 2.75) is 25.9 Å². The minimum atomic E-state index is 0.296. The molecule has 0 amide bonds. The van der Waals surface area contributed by atoms with Gasteiger partial charge in [0.15, 0.2) is 0 Å². The summed E-state index contributed by atoms with van der Waals surface area (Å²) in [6, 6.07) is 16.0. The third-order valence-corrected chi connectivity index (χ3v) is 3.31. The van der Waals surface area contributed by atoms with Crippen LogP contribution in [0.3, 0.4) is 0 Å². The molecule has 2 aromatic carbocycles. The highest BCUT2D eigenvalue weighted by Gasteiger charge is 2.06. The summed E-state index contributed by atoms with van der Waals surface area (Å²) in [7, 11) is 1.63. The molecule has 3 heteroatoms. The van der Waals surface area contributed by atoms with Crippen LogP contribution < -0.4 is 10.1 Å². The molecular formula is C17H21NO2. The van der Waals surface area contributed by atoms with Crippen molar-refractivity contribution in [3.05, 3.63) is 59.7 Å². The molecule has 0 heterocycles. The zero-order valence-electron chi connectivity index (χ0n) is 12.0. The van der Waals surface area contributed by atoms with Crippen molar-refractivity contribution in [1.29, 1.82) is 0 Å². The number of aromatic hydroxyl groups is 1. The van der Waals surface area contributed by atoms with Crippen LogP contribution in [-0.4, -0.2) is 18.3 Å². The number of phenolic OH excluding ortho intramolecular Hbond substituents is 1. The third kappa shape index (κ3) is 4.00. The van der Waals surface area contributed by atoms with Crippen molar-refractivity contribution in [3.63, 3.8) is 0 Å². The van der Waals surface area contributed by atoms with Crippen molar-refractivity contribution >= 4 is 0 Å². The Hall–Kier alpha value is -2.00. The lowest BCUT2D eigenvalue weighted by Gasteiger charge is -2.15. The number of phenols is 1. The van der Waals surface area contributed by atoms with Crippen LogP contribution in [0.4, 0.5) is 0 Å². The van der Waals surface area contributed by atoms with Crippen molar-refractivity contribution in [2.24, 2.45) is 0 Å². The van der Waals surface area contributed by atoms with Gasteiger partial charge in [0.2, 0.25) is 0 Å². The van der Waals surface area contributed by atoms with E-state index in [0.29, 0.717) is 18.3 Å². The molecule has 0 aliphatic carbocycles. The predicted octanol–water partition coefficient (Wildman–Crippen LogP) is 3.12. The number of hydrogen-bond donors (Lipinski definition) is 2. The van der Waals surface area contributed by atoms with E-state index < -0.39 is 0 Å². The maximum atomic E-state index is 9.84. The van der Waals surface area contributed by atoms with Gasteiger partial charge in [0.05, 0.1) is 7.11 Å². The molecule has 1 unspecified atom stereocenters. The Morgan fingerprint density at radius 2 is 1.90 bits per heavy atom. The van der Waals surface area contributed by atoms with E-state index in [0.717, 1.165) is 17.7 Å². The van der Waals surface area contributed by atoms with Gasteiger partial charge in [0.25, 0.3) is 0 Å². The average molecular weight is 271 g/mol.